The lowest BCUT2D eigenvalue weighted by Gasteiger charge is -2.71. The lowest BCUT2D eigenvalue weighted by Crippen LogP contribution is -2.66. The third-order valence-electron chi connectivity index (χ3n) is 9.46. The van der Waals surface area contributed by atoms with E-state index in [2.05, 4.69) is 62.3 Å². The van der Waals surface area contributed by atoms with Crippen LogP contribution in [0, 0.1) is 51.2 Å². The van der Waals surface area contributed by atoms with Crippen LogP contribution in [0.25, 0.3) is 0 Å². The zero-order chi connectivity index (χ0) is 13.9. The first-order valence-electron chi connectivity index (χ1n) is 7.96. The summed E-state index contributed by atoms with van der Waals surface area (Å²) >= 11 is 0. The summed E-state index contributed by atoms with van der Waals surface area (Å²) in [7, 11) is 0. The Bertz CT molecular complexity index is 404. The van der Waals surface area contributed by atoms with E-state index in [-0.39, 0.29) is 0 Å². The largest absolute Gasteiger partial charge is 0.0619 e. The van der Waals surface area contributed by atoms with E-state index in [1.54, 1.807) is 0 Å². The fourth-order valence-electron chi connectivity index (χ4n) is 7.87. The summed E-state index contributed by atoms with van der Waals surface area (Å²) in [5.74, 6) is 4.56. The highest BCUT2D eigenvalue weighted by molar-refractivity contribution is 5.30. The minimum absolute atomic E-state index is 0.461. The fraction of sp³-hybridized carbons (Fsp3) is 1.00. The van der Waals surface area contributed by atoms with Crippen molar-refractivity contribution in [2.75, 3.05) is 0 Å². The molecule has 0 nitrogen and oxygen atoms in total. The normalized spacial score (nSPS) is 63.5. The molecule has 7 atom stereocenters. The highest BCUT2D eigenvalue weighted by atomic mass is 14.9. The van der Waals surface area contributed by atoms with E-state index < -0.39 is 0 Å². The van der Waals surface area contributed by atoms with Crippen LogP contribution in [0.3, 0.4) is 0 Å². The quantitative estimate of drug-likeness (QED) is 0.550. The standard InChI is InChI=1S/C18H32/c1-10-11(2)17(8)13(10)18(9)12(3)14(17)15(4,5)16(18,6)7/h10-14H,1-9H3. The molecule has 0 aliphatic heterocycles. The van der Waals surface area contributed by atoms with Gasteiger partial charge in [0.25, 0.3) is 0 Å². The molecule has 0 aromatic heterocycles. The van der Waals surface area contributed by atoms with Crippen LogP contribution >= 0.6 is 0 Å². The van der Waals surface area contributed by atoms with Crippen molar-refractivity contribution in [1.29, 1.82) is 0 Å². The van der Waals surface area contributed by atoms with E-state index in [1.165, 1.54) is 0 Å². The van der Waals surface area contributed by atoms with E-state index in [0.717, 1.165) is 29.6 Å². The van der Waals surface area contributed by atoms with Gasteiger partial charge in [-0.3, -0.25) is 0 Å². The van der Waals surface area contributed by atoms with Gasteiger partial charge in [0, 0.05) is 0 Å². The molecule has 3 aliphatic rings. The second kappa shape index (κ2) is 2.86. The molecule has 0 amide bonds. The van der Waals surface area contributed by atoms with Crippen LogP contribution in [0.4, 0.5) is 0 Å². The Labute approximate surface area is 114 Å². The summed E-state index contributed by atoms with van der Waals surface area (Å²) in [5.41, 5.74) is 2.07. The second-order valence-corrected chi connectivity index (χ2v) is 9.39. The van der Waals surface area contributed by atoms with Crippen molar-refractivity contribution in [3.63, 3.8) is 0 Å². The third kappa shape index (κ3) is 0.826. The molecule has 3 aliphatic carbocycles. The maximum Gasteiger partial charge on any atom is -0.0204 e. The van der Waals surface area contributed by atoms with Crippen LogP contribution in [0.15, 0.2) is 0 Å². The lowest BCUT2D eigenvalue weighted by molar-refractivity contribution is -0.234. The summed E-state index contributed by atoms with van der Waals surface area (Å²) in [6.45, 7) is 23.0. The van der Waals surface area contributed by atoms with E-state index in [4.69, 9.17) is 0 Å². The Morgan fingerprint density at radius 1 is 0.667 bits per heavy atom. The number of fused-ring (bicyclic) bond motifs is 5. The van der Waals surface area contributed by atoms with Crippen molar-refractivity contribution in [2.45, 2.75) is 62.3 Å². The molecule has 2 bridgehead atoms. The minimum atomic E-state index is 0.461. The number of rotatable bonds is 0. The van der Waals surface area contributed by atoms with E-state index in [0.29, 0.717) is 21.7 Å². The van der Waals surface area contributed by atoms with E-state index >= 15 is 0 Å². The molecule has 3 fully saturated rings. The van der Waals surface area contributed by atoms with Gasteiger partial charge in [0.15, 0.2) is 0 Å². The molecule has 0 aromatic carbocycles. The Balaban J connectivity index is 2.23. The van der Waals surface area contributed by atoms with E-state index in [9.17, 15) is 0 Å². The van der Waals surface area contributed by atoms with Gasteiger partial charge < -0.3 is 0 Å². The van der Waals surface area contributed by atoms with Crippen molar-refractivity contribution in [3.05, 3.63) is 0 Å². The van der Waals surface area contributed by atoms with Crippen molar-refractivity contribution in [1.82, 2.24) is 0 Å². The summed E-state index contributed by atoms with van der Waals surface area (Å²) in [6.07, 6.45) is 0. The molecule has 0 N–H and O–H groups in total. The Kier molecular flexibility index (Phi) is 2.07. The zero-order valence-electron chi connectivity index (χ0n) is 13.9. The van der Waals surface area contributed by atoms with Gasteiger partial charge in [0.1, 0.15) is 0 Å². The molecule has 0 aromatic rings. The van der Waals surface area contributed by atoms with Gasteiger partial charge in [-0.1, -0.05) is 62.3 Å². The summed E-state index contributed by atoms with van der Waals surface area (Å²) in [6, 6.07) is 0. The highest BCUT2D eigenvalue weighted by Crippen LogP contribution is 2.88. The van der Waals surface area contributed by atoms with Gasteiger partial charge in [-0.05, 0) is 51.2 Å². The maximum absolute atomic E-state index is 2.62. The van der Waals surface area contributed by atoms with Crippen molar-refractivity contribution >= 4 is 0 Å². The van der Waals surface area contributed by atoms with Crippen LogP contribution in [-0.2, 0) is 0 Å². The smallest absolute Gasteiger partial charge is 0.0204 e. The zero-order valence-corrected chi connectivity index (χ0v) is 13.9. The molecule has 104 valence electrons. The molecule has 3 rings (SSSR count). The van der Waals surface area contributed by atoms with E-state index in [1.807, 2.05) is 0 Å². The minimum Gasteiger partial charge on any atom is -0.0619 e. The predicted molar refractivity (Wildman–Crippen MR) is 78.2 cm³/mol. The lowest BCUT2D eigenvalue weighted by atomic mass is 9.34. The molecule has 0 heterocycles. The molecule has 0 radical (unpaired) electrons. The second-order valence-electron chi connectivity index (χ2n) is 9.39. The first kappa shape index (κ1) is 13.0. The van der Waals surface area contributed by atoms with Crippen molar-refractivity contribution in [2.24, 2.45) is 51.2 Å². The average molecular weight is 248 g/mol. The van der Waals surface area contributed by atoms with Gasteiger partial charge in [0.05, 0.1) is 0 Å². The topological polar surface area (TPSA) is 0 Å². The molecule has 0 saturated heterocycles. The maximum atomic E-state index is 2.62. The summed E-state index contributed by atoms with van der Waals surface area (Å²) in [5, 5.41) is 0. The van der Waals surface area contributed by atoms with Crippen LogP contribution in [0.2, 0.25) is 0 Å². The SMILES string of the molecule is CC1C(C)C2(C)C3C(C)C(C)(C12)C(C)(C)C3(C)C. The Morgan fingerprint density at radius 3 is 1.67 bits per heavy atom. The first-order chi connectivity index (χ1) is 7.96. The highest BCUT2D eigenvalue weighted by Gasteiger charge is 2.83. The Hall–Kier alpha value is 0. The summed E-state index contributed by atoms with van der Waals surface area (Å²) in [4.78, 5) is 0. The van der Waals surface area contributed by atoms with Crippen LogP contribution < -0.4 is 0 Å². The molecule has 3 saturated carbocycles. The first-order valence-corrected chi connectivity index (χ1v) is 7.96. The molecule has 0 spiro atoms. The third-order valence-corrected chi connectivity index (χ3v) is 9.46. The van der Waals surface area contributed by atoms with Crippen molar-refractivity contribution in [3.8, 4) is 0 Å². The number of hydrogen-bond acceptors (Lipinski definition) is 0. The summed E-state index contributed by atoms with van der Waals surface area (Å²) < 4.78 is 0. The molecular formula is C18H32. The van der Waals surface area contributed by atoms with Gasteiger partial charge in [-0.25, -0.2) is 0 Å². The van der Waals surface area contributed by atoms with Gasteiger partial charge in [0.2, 0.25) is 0 Å². The average Bonchev–Trinajstić information content (AvgIpc) is 2.48. The number of hydrogen-bond donors (Lipinski definition) is 0. The van der Waals surface area contributed by atoms with Crippen molar-refractivity contribution < 1.29 is 0 Å². The van der Waals surface area contributed by atoms with Gasteiger partial charge in [-0.2, -0.15) is 0 Å². The molecule has 0 heteroatoms. The van der Waals surface area contributed by atoms with Crippen LogP contribution in [-0.4, -0.2) is 0 Å². The van der Waals surface area contributed by atoms with Crippen LogP contribution in [0.5, 0.6) is 0 Å². The van der Waals surface area contributed by atoms with Gasteiger partial charge >= 0.3 is 0 Å². The van der Waals surface area contributed by atoms with Crippen LogP contribution in [0.1, 0.15) is 62.3 Å². The Morgan fingerprint density at radius 2 is 1.17 bits per heavy atom. The fourth-order valence-corrected chi connectivity index (χ4v) is 7.87. The molecule has 18 heavy (non-hydrogen) atoms. The molecule has 7 unspecified atom stereocenters. The van der Waals surface area contributed by atoms with Gasteiger partial charge in [-0.15, -0.1) is 0 Å². The predicted octanol–water partition coefficient (Wildman–Crippen LogP) is 5.23. The molecular weight excluding hydrogens is 216 g/mol. The monoisotopic (exact) mass is 248 g/mol.